The molecule has 4 fully saturated rings. The smallest absolute Gasteiger partial charge is 0.276 e. The van der Waals surface area contributed by atoms with Crippen LogP contribution in [0.25, 0.3) is 0 Å². The monoisotopic (exact) mass is 513 g/mol. The van der Waals surface area contributed by atoms with Crippen LogP contribution in [0.5, 0.6) is 0 Å². The quantitative estimate of drug-likeness (QED) is 0.378. The Kier molecular flexibility index (Phi) is 7.34. The van der Waals surface area contributed by atoms with Gasteiger partial charge in [0.15, 0.2) is 11.0 Å². The normalized spacial score (nSPS) is 45.2. The second-order valence-electron chi connectivity index (χ2n) is 12.6. The molecule has 200 valence electrons. The highest BCUT2D eigenvalue weighted by molar-refractivity contribution is 7.87. The number of nitrogens with two attached hydrogens (primary N) is 1. The number of carbonyl (C=O) groups excluding carboxylic acids is 2. The Morgan fingerprint density at radius 3 is 2.46 bits per heavy atom. The molecule has 0 aliphatic heterocycles. The topological polar surface area (TPSA) is 155 Å². The van der Waals surface area contributed by atoms with Gasteiger partial charge >= 0.3 is 0 Å². The van der Waals surface area contributed by atoms with Crippen molar-refractivity contribution in [2.75, 3.05) is 6.54 Å². The van der Waals surface area contributed by atoms with E-state index in [0.717, 1.165) is 25.7 Å². The van der Waals surface area contributed by atoms with Crippen LogP contribution in [0.15, 0.2) is 0 Å². The summed E-state index contributed by atoms with van der Waals surface area (Å²) in [5.41, 5.74) is 4.94. The van der Waals surface area contributed by atoms with E-state index in [0.29, 0.717) is 25.7 Å². The molecule has 7 unspecified atom stereocenters. The van der Waals surface area contributed by atoms with E-state index in [4.69, 9.17) is 5.73 Å². The first-order valence-corrected chi connectivity index (χ1v) is 14.8. The van der Waals surface area contributed by atoms with Gasteiger partial charge in [-0.3, -0.25) is 14.1 Å². The molecule has 11 atom stereocenters. The van der Waals surface area contributed by atoms with Crippen LogP contribution in [0.1, 0.15) is 78.6 Å². The first-order valence-electron chi connectivity index (χ1n) is 13.3. The van der Waals surface area contributed by atoms with Crippen molar-refractivity contribution in [3.05, 3.63) is 0 Å². The third-order valence-corrected chi connectivity index (χ3v) is 12.3. The van der Waals surface area contributed by atoms with Crippen molar-refractivity contribution in [2.24, 2.45) is 52.1 Å². The number of ketones is 2. The molecule has 0 aromatic heterocycles. The summed E-state index contributed by atoms with van der Waals surface area (Å²) in [6, 6.07) is 0. The molecule has 4 rings (SSSR count). The average molecular weight is 514 g/mol. The molecule has 0 aromatic carbocycles. The van der Waals surface area contributed by atoms with Gasteiger partial charge in [0.25, 0.3) is 10.1 Å². The minimum atomic E-state index is -4.53. The largest absolute Gasteiger partial charge is 0.393 e. The Balaban J connectivity index is 1.52. The fraction of sp³-hybridized carbons (Fsp3) is 0.923. The predicted molar refractivity (Wildman–Crippen MR) is 131 cm³/mol. The summed E-state index contributed by atoms with van der Waals surface area (Å²) in [5, 5.41) is 20.2. The first-order chi connectivity index (χ1) is 16.2. The van der Waals surface area contributed by atoms with Gasteiger partial charge in [-0.1, -0.05) is 20.8 Å². The van der Waals surface area contributed by atoms with Gasteiger partial charge in [0.2, 0.25) is 0 Å². The molecule has 0 saturated heterocycles. The molecule has 35 heavy (non-hydrogen) atoms. The summed E-state index contributed by atoms with van der Waals surface area (Å²) in [7, 11) is -4.53. The van der Waals surface area contributed by atoms with Crippen LogP contribution in [0.3, 0.4) is 0 Å². The Morgan fingerprint density at radius 2 is 1.83 bits per heavy atom. The van der Waals surface area contributed by atoms with Crippen LogP contribution in [0.4, 0.5) is 0 Å². The van der Waals surface area contributed by atoms with Gasteiger partial charge in [-0.2, -0.15) is 8.42 Å². The maximum Gasteiger partial charge on any atom is 0.276 e. The number of hydrogen-bond acceptors (Lipinski definition) is 7. The van der Waals surface area contributed by atoms with Crippen LogP contribution in [-0.4, -0.2) is 58.8 Å². The lowest BCUT2D eigenvalue weighted by molar-refractivity contribution is -0.182. The van der Waals surface area contributed by atoms with Gasteiger partial charge in [0, 0.05) is 30.7 Å². The summed E-state index contributed by atoms with van der Waals surface area (Å²) in [6.07, 6.45) is 4.71. The summed E-state index contributed by atoms with van der Waals surface area (Å²) in [4.78, 5) is 26.0. The van der Waals surface area contributed by atoms with Crippen LogP contribution in [0, 0.1) is 46.3 Å². The Morgan fingerprint density at radius 1 is 1.14 bits per heavy atom. The lowest BCUT2D eigenvalue weighted by Gasteiger charge is -2.61. The molecule has 0 amide bonds. The maximum absolute atomic E-state index is 13.5. The van der Waals surface area contributed by atoms with E-state index in [1.807, 2.05) is 6.92 Å². The molecular formula is C26H43NO7S. The molecule has 4 aliphatic rings. The van der Waals surface area contributed by atoms with E-state index >= 15 is 0 Å². The van der Waals surface area contributed by atoms with Gasteiger partial charge in [-0.25, -0.2) is 0 Å². The van der Waals surface area contributed by atoms with Crippen LogP contribution in [0.2, 0.25) is 0 Å². The first kappa shape index (κ1) is 27.2. The van der Waals surface area contributed by atoms with E-state index in [1.54, 1.807) is 0 Å². The number of rotatable bonds is 7. The lowest BCUT2D eigenvalue weighted by atomic mass is 9.43. The van der Waals surface area contributed by atoms with Crippen molar-refractivity contribution < 1.29 is 32.8 Å². The van der Waals surface area contributed by atoms with Crippen LogP contribution < -0.4 is 5.73 Å². The molecule has 9 heteroatoms. The van der Waals surface area contributed by atoms with E-state index < -0.39 is 39.2 Å². The van der Waals surface area contributed by atoms with Crippen molar-refractivity contribution in [3.8, 4) is 0 Å². The van der Waals surface area contributed by atoms with Crippen molar-refractivity contribution in [1.29, 1.82) is 0 Å². The summed E-state index contributed by atoms with van der Waals surface area (Å²) < 4.78 is 32.2. The molecule has 0 aromatic rings. The van der Waals surface area contributed by atoms with Crippen molar-refractivity contribution in [3.63, 3.8) is 0 Å². The van der Waals surface area contributed by atoms with Gasteiger partial charge in [-0.05, 0) is 80.0 Å². The van der Waals surface area contributed by atoms with Crippen molar-refractivity contribution in [2.45, 2.75) is 96.0 Å². The number of fused-ring (bicyclic) bond motifs is 5. The van der Waals surface area contributed by atoms with Crippen LogP contribution >= 0.6 is 0 Å². The number of hydrogen-bond donors (Lipinski definition) is 4. The van der Waals surface area contributed by atoms with E-state index in [9.17, 15) is 32.8 Å². The van der Waals surface area contributed by atoms with Crippen LogP contribution in [-0.2, 0) is 19.7 Å². The minimum absolute atomic E-state index is 0.00320. The highest BCUT2D eigenvalue weighted by Gasteiger charge is 2.65. The standard InChI is InChI=1S/C26H43NO7S/c1-14(4-7-20(29)22(13-27)35(32,33)34)17-5-6-18-24-19(12-23(31)26(17,18)3)25(2)9-8-16(28)10-15(25)11-21(24)30/h14-19,22-24,28,31H,4-13,27H2,1-3H3,(H,32,33,34)/t14-,15?,16?,17-,18?,19?,22?,23?,24?,25+,26-/m1/s1. The zero-order chi connectivity index (χ0) is 25.9. The average Bonchev–Trinajstić information content (AvgIpc) is 3.12. The molecule has 0 radical (unpaired) electrons. The summed E-state index contributed by atoms with van der Waals surface area (Å²) >= 11 is 0. The number of aliphatic hydroxyl groups is 2. The number of aliphatic hydroxyl groups excluding tert-OH is 2. The Hall–Kier alpha value is -0.870. The van der Waals surface area contributed by atoms with E-state index in [-0.39, 0.29) is 59.2 Å². The van der Waals surface area contributed by atoms with Crippen molar-refractivity contribution >= 4 is 21.7 Å². The van der Waals surface area contributed by atoms with Gasteiger partial charge in [-0.15, -0.1) is 0 Å². The maximum atomic E-state index is 13.5. The Labute approximate surface area is 209 Å². The van der Waals surface area contributed by atoms with Gasteiger partial charge in [0.1, 0.15) is 5.78 Å². The number of carbonyl (C=O) groups is 2. The number of Topliss-reactive ketones (excluding diaryl/α,β-unsaturated/α-hetero) is 2. The SMILES string of the molecule is C[C@H](CCC(=O)C(CN)S(=O)(=O)O)[C@H]1CCC2C3C(=O)CC4CC(O)CC[C@]4(C)C3CC(O)[C@@]21C. The molecule has 4 saturated carbocycles. The minimum Gasteiger partial charge on any atom is -0.393 e. The summed E-state index contributed by atoms with van der Waals surface area (Å²) in [5.74, 6) is 0.202. The second-order valence-corrected chi connectivity index (χ2v) is 14.2. The molecule has 0 heterocycles. The van der Waals surface area contributed by atoms with Gasteiger partial charge in [0.05, 0.1) is 12.2 Å². The third-order valence-electron chi connectivity index (χ3n) is 11.1. The zero-order valence-electron chi connectivity index (χ0n) is 21.2. The molecular weight excluding hydrogens is 470 g/mol. The lowest BCUT2D eigenvalue weighted by Crippen LogP contribution is -2.61. The van der Waals surface area contributed by atoms with E-state index in [2.05, 4.69) is 13.8 Å². The highest BCUT2D eigenvalue weighted by Crippen LogP contribution is 2.67. The molecule has 4 aliphatic carbocycles. The fourth-order valence-corrected chi connectivity index (χ4v) is 9.69. The second kappa shape index (κ2) is 9.46. The van der Waals surface area contributed by atoms with Crippen molar-refractivity contribution in [1.82, 2.24) is 0 Å². The molecule has 5 N–H and O–H groups in total. The molecule has 0 spiro atoms. The third kappa shape index (κ3) is 4.43. The fourth-order valence-electron chi connectivity index (χ4n) is 9.00. The van der Waals surface area contributed by atoms with Gasteiger partial charge < -0.3 is 15.9 Å². The predicted octanol–water partition coefficient (Wildman–Crippen LogP) is 2.36. The molecule has 8 nitrogen and oxygen atoms in total. The highest BCUT2D eigenvalue weighted by atomic mass is 32.2. The molecule has 0 bridgehead atoms. The summed E-state index contributed by atoms with van der Waals surface area (Å²) in [6.45, 7) is 5.97. The van der Waals surface area contributed by atoms with E-state index in [1.165, 1.54) is 0 Å². The zero-order valence-corrected chi connectivity index (χ0v) is 22.0. The Bertz CT molecular complexity index is 953.